The predicted octanol–water partition coefficient (Wildman–Crippen LogP) is 0.960. The number of ether oxygens (including phenoxy) is 1. The van der Waals surface area contributed by atoms with E-state index in [2.05, 4.69) is 4.72 Å². The second-order valence-corrected chi connectivity index (χ2v) is 5.08. The van der Waals surface area contributed by atoms with Crippen molar-refractivity contribution in [2.24, 2.45) is 0 Å². The van der Waals surface area contributed by atoms with E-state index in [0.29, 0.717) is 18.9 Å². The van der Waals surface area contributed by atoms with Gasteiger partial charge in [0.1, 0.15) is 0 Å². The van der Waals surface area contributed by atoms with Crippen LogP contribution in [-0.4, -0.2) is 39.3 Å². The molecule has 1 N–H and O–H groups in total. The molecule has 0 aliphatic heterocycles. The van der Waals surface area contributed by atoms with Crippen LogP contribution >= 0.6 is 11.6 Å². The highest BCUT2D eigenvalue weighted by Gasteiger charge is 2.15. The second-order valence-electron chi connectivity index (χ2n) is 2.89. The largest absolute Gasteiger partial charge is 0.381 e. The van der Waals surface area contributed by atoms with Crippen LogP contribution in [0.4, 0.5) is 0 Å². The van der Waals surface area contributed by atoms with Gasteiger partial charge in [-0.15, -0.1) is 11.6 Å². The minimum Gasteiger partial charge on any atom is -0.381 e. The number of hydrogen-bond acceptors (Lipinski definition) is 3. The van der Waals surface area contributed by atoms with Crippen molar-refractivity contribution in [1.82, 2.24) is 4.72 Å². The molecule has 0 fully saturated rings. The van der Waals surface area contributed by atoms with Crippen LogP contribution in [0, 0.1) is 0 Å². The van der Waals surface area contributed by atoms with Gasteiger partial charge in [0.2, 0.25) is 10.0 Å². The fourth-order valence-corrected chi connectivity index (χ4v) is 2.45. The van der Waals surface area contributed by atoms with E-state index in [1.807, 2.05) is 13.8 Å². The first-order valence-corrected chi connectivity index (χ1v) is 6.88. The fourth-order valence-electron chi connectivity index (χ4n) is 0.850. The quantitative estimate of drug-likeness (QED) is 0.510. The lowest BCUT2D eigenvalue weighted by molar-refractivity contribution is 0.163. The topological polar surface area (TPSA) is 55.4 Å². The molecular weight excluding hydrogens is 226 g/mol. The standard InChI is InChI=1S/C8H18ClNO3S/c1-3-8(7-9)10-14(11,12)6-5-13-4-2/h8,10H,3-7H2,1-2H3. The Balaban J connectivity index is 3.93. The summed E-state index contributed by atoms with van der Waals surface area (Å²) in [5.41, 5.74) is 0. The molecule has 1 unspecified atom stereocenters. The highest BCUT2D eigenvalue weighted by Crippen LogP contribution is 1.97. The van der Waals surface area contributed by atoms with E-state index in [0.717, 1.165) is 0 Å². The van der Waals surface area contributed by atoms with Crippen molar-refractivity contribution < 1.29 is 13.2 Å². The van der Waals surface area contributed by atoms with Gasteiger partial charge in [-0.05, 0) is 13.3 Å². The van der Waals surface area contributed by atoms with E-state index < -0.39 is 10.0 Å². The van der Waals surface area contributed by atoms with Gasteiger partial charge >= 0.3 is 0 Å². The fraction of sp³-hybridized carbons (Fsp3) is 1.00. The van der Waals surface area contributed by atoms with Crippen LogP contribution in [0.15, 0.2) is 0 Å². The van der Waals surface area contributed by atoms with E-state index in [9.17, 15) is 8.42 Å². The highest BCUT2D eigenvalue weighted by molar-refractivity contribution is 7.89. The smallest absolute Gasteiger partial charge is 0.214 e. The van der Waals surface area contributed by atoms with Crippen LogP contribution in [0.5, 0.6) is 0 Å². The zero-order valence-electron chi connectivity index (χ0n) is 8.62. The Hall–Kier alpha value is 0.160. The molecule has 0 amide bonds. The summed E-state index contributed by atoms with van der Waals surface area (Å²) in [6.45, 7) is 4.47. The monoisotopic (exact) mass is 243 g/mol. The van der Waals surface area contributed by atoms with Crippen LogP contribution in [0.1, 0.15) is 20.3 Å². The molecule has 0 saturated heterocycles. The summed E-state index contributed by atoms with van der Waals surface area (Å²) in [5.74, 6) is 0.290. The first kappa shape index (κ1) is 14.2. The molecule has 0 heterocycles. The molecule has 86 valence electrons. The van der Waals surface area contributed by atoms with Crippen molar-refractivity contribution in [3.05, 3.63) is 0 Å². The van der Waals surface area contributed by atoms with E-state index in [1.54, 1.807) is 0 Å². The maximum absolute atomic E-state index is 11.4. The predicted molar refractivity (Wildman–Crippen MR) is 58.2 cm³/mol. The number of rotatable bonds is 8. The lowest BCUT2D eigenvalue weighted by atomic mass is 10.3. The van der Waals surface area contributed by atoms with E-state index in [1.165, 1.54) is 0 Å². The van der Waals surface area contributed by atoms with Crippen LogP contribution in [0.2, 0.25) is 0 Å². The Morgan fingerprint density at radius 2 is 2.07 bits per heavy atom. The Morgan fingerprint density at radius 1 is 1.43 bits per heavy atom. The molecule has 0 bridgehead atoms. The van der Waals surface area contributed by atoms with Crippen molar-refractivity contribution in [2.75, 3.05) is 24.8 Å². The van der Waals surface area contributed by atoms with Gasteiger partial charge in [-0.3, -0.25) is 0 Å². The molecule has 0 spiro atoms. The third-order valence-corrected chi connectivity index (χ3v) is 3.49. The molecule has 4 nitrogen and oxygen atoms in total. The minimum absolute atomic E-state index is 0.00573. The Kier molecular flexibility index (Phi) is 7.54. The number of halogens is 1. The Labute approximate surface area is 91.0 Å². The summed E-state index contributed by atoms with van der Waals surface area (Å²) in [6, 6.07) is -0.178. The molecule has 0 aromatic heterocycles. The average Bonchev–Trinajstić information content (AvgIpc) is 2.14. The Morgan fingerprint density at radius 3 is 2.50 bits per heavy atom. The van der Waals surface area contributed by atoms with Gasteiger partial charge in [0.25, 0.3) is 0 Å². The molecule has 0 aromatic carbocycles. The normalized spacial score (nSPS) is 14.2. The van der Waals surface area contributed by atoms with Crippen molar-refractivity contribution in [2.45, 2.75) is 26.3 Å². The van der Waals surface area contributed by atoms with Crippen molar-refractivity contribution in [3.63, 3.8) is 0 Å². The summed E-state index contributed by atoms with van der Waals surface area (Å²) < 4.78 is 30.2. The zero-order chi connectivity index (χ0) is 11.0. The first-order valence-electron chi connectivity index (χ1n) is 4.69. The lowest BCUT2D eigenvalue weighted by Crippen LogP contribution is -2.38. The van der Waals surface area contributed by atoms with Crippen molar-refractivity contribution in [3.8, 4) is 0 Å². The van der Waals surface area contributed by atoms with Gasteiger partial charge in [0.15, 0.2) is 0 Å². The summed E-state index contributed by atoms with van der Waals surface area (Å²) in [7, 11) is -3.24. The molecule has 0 aromatic rings. The van der Waals surface area contributed by atoms with E-state index >= 15 is 0 Å². The van der Waals surface area contributed by atoms with Gasteiger partial charge in [-0.2, -0.15) is 0 Å². The molecule has 0 aliphatic carbocycles. The molecule has 6 heteroatoms. The lowest BCUT2D eigenvalue weighted by Gasteiger charge is -2.13. The molecule has 1 atom stereocenters. The summed E-state index contributed by atoms with van der Waals surface area (Å²) >= 11 is 5.58. The average molecular weight is 244 g/mol. The highest BCUT2D eigenvalue weighted by atomic mass is 35.5. The van der Waals surface area contributed by atoms with Crippen LogP contribution in [0.25, 0.3) is 0 Å². The van der Waals surface area contributed by atoms with Gasteiger partial charge in [-0.1, -0.05) is 6.92 Å². The molecule has 0 saturated carbocycles. The van der Waals surface area contributed by atoms with E-state index in [-0.39, 0.29) is 18.4 Å². The van der Waals surface area contributed by atoms with Gasteiger partial charge in [-0.25, -0.2) is 13.1 Å². The number of sulfonamides is 1. The SMILES string of the molecule is CCOCCS(=O)(=O)NC(CC)CCl. The van der Waals surface area contributed by atoms with E-state index in [4.69, 9.17) is 16.3 Å². The second kappa shape index (κ2) is 7.45. The Bertz CT molecular complexity index is 227. The van der Waals surface area contributed by atoms with Gasteiger partial charge in [0.05, 0.1) is 12.4 Å². The van der Waals surface area contributed by atoms with Crippen LogP contribution < -0.4 is 4.72 Å². The third-order valence-electron chi connectivity index (χ3n) is 1.73. The summed E-state index contributed by atoms with van der Waals surface area (Å²) in [4.78, 5) is 0. The molecule has 0 aliphatic rings. The zero-order valence-corrected chi connectivity index (χ0v) is 10.2. The summed E-state index contributed by atoms with van der Waals surface area (Å²) in [6.07, 6.45) is 0.692. The molecule has 0 rings (SSSR count). The third kappa shape index (κ3) is 6.59. The minimum atomic E-state index is -3.24. The van der Waals surface area contributed by atoms with Crippen LogP contribution in [-0.2, 0) is 14.8 Å². The number of nitrogens with one attached hydrogen (secondary N) is 1. The maximum Gasteiger partial charge on any atom is 0.214 e. The molecule has 0 radical (unpaired) electrons. The maximum atomic E-state index is 11.4. The van der Waals surface area contributed by atoms with Crippen molar-refractivity contribution in [1.29, 1.82) is 0 Å². The number of alkyl halides is 1. The van der Waals surface area contributed by atoms with Crippen molar-refractivity contribution >= 4 is 21.6 Å². The number of hydrogen-bond donors (Lipinski definition) is 1. The van der Waals surface area contributed by atoms with Gasteiger partial charge in [0, 0.05) is 18.5 Å². The molecular formula is C8H18ClNO3S. The van der Waals surface area contributed by atoms with Gasteiger partial charge < -0.3 is 4.74 Å². The van der Waals surface area contributed by atoms with Crippen LogP contribution in [0.3, 0.4) is 0 Å². The summed E-state index contributed by atoms with van der Waals surface area (Å²) in [5, 5.41) is 0. The molecule has 14 heavy (non-hydrogen) atoms. The first-order chi connectivity index (χ1) is 6.55.